The summed E-state index contributed by atoms with van der Waals surface area (Å²) in [5.74, 6) is 1.82. The molecule has 2 aliphatic rings. The third kappa shape index (κ3) is 3.15. The van der Waals surface area contributed by atoms with Crippen LogP contribution in [0.25, 0.3) is 0 Å². The largest absolute Gasteiger partial charge is 0.328 e. The number of amides is 1. The molecule has 3 rings (SSSR count). The fourth-order valence-electron chi connectivity index (χ4n) is 3.96. The SMILES string of the molecule is CCCn1nc2c(c1C)C(C1CCC(N)CC1)CC(=O)N2.Cl. The summed E-state index contributed by atoms with van der Waals surface area (Å²) < 4.78 is 2.05. The molecule has 2 heterocycles. The standard InChI is InChI=1S/C16H26N4O.ClH/c1-3-8-20-10(2)15-13(9-14(21)18-16(15)19-20)11-4-6-12(17)7-5-11;/h11-13H,3-9,17H2,1-2H3,(H,18,19,21);1H. The van der Waals surface area contributed by atoms with E-state index in [0.717, 1.165) is 44.5 Å². The zero-order valence-corrected chi connectivity index (χ0v) is 14.3. The van der Waals surface area contributed by atoms with Gasteiger partial charge < -0.3 is 11.1 Å². The number of carbonyl (C=O) groups excluding carboxylic acids is 1. The number of aromatic nitrogens is 2. The number of anilines is 1. The molecule has 22 heavy (non-hydrogen) atoms. The molecule has 1 saturated carbocycles. The second kappa shape index (κ2) is 7.01. The normalized spacial score (nSPS) is 27.8. The molecule has 1 aliphatic heterocycles. The van der Waals surface area contributed by atoms with E-state index in [1.54, 1.807) is 0 Å². The van der Waals surface area contributed by atoms with Gasteiger partial charge in [0.1, 0.15) is 0 Å². The number of nitrogens with zero attached hydrogens (tertiary/aromatic N) is 2. The Morgan fingerprint density at radius 3 is 2.64 bits per heavy atom. The Kier molecular flexibility index (Phi) is 5.50. The molecular formula is C16H27ClN4O. The number of fused-ring (bicyclic) bond motifs is 1. The van der Waals surface area contributed by atoms with E-state index < -0.39 is 0 Å². The minimum atomic E-state index is 0. The van der Waals surface area contributed by atoms with Crippen LogP contribution in [0.15, 0.2) is 0 Å². The van der Waals surface area contributed by atoms with E-state index in [-0.39, 0.29) is 18.3 Å². The molecule has 0 spiro atoms. The van der Waals surface area contributed by atoms with Gasteiger partial charge in [-0.2, -0.15) is 5.10 Å². The highest BCUT2D eigenvalue weighted by Crippen LogP contribution is 2.44. The fraction of sp³-hybridized carbons (Fsp3) is 0.750. The summed E-state index contributed by atoms with van der Waals surface area (Å²) in [6.07, 6.45) is 6.10. The van der Waals surface area contributed by atoms with Gasteiger partial charge in [-0.15, -0.1) is 12.4 Å². The molecule has 3 N–H and O–H groups in total. The molecule has 124 valence electrons. The Balaban J connectivity index is 0.00000176. The lowest BCUT2D eigenvalue weighted by molar-refractivity contribution is -0.117. The van der Waals surface area contributed by atoms with E-state index in [9.17, 15) is 4.79 Å². The maximum absolute atomic E-state index is 12.0. The molecule has 0 saturated heterocycles. The quantitative estimate of drug-likeness (QED) is 0.896. The summed E-state index contributed by atoms with van der Waals surface area (Å²) in [4.78, 5) is 12.0. The maximum atomic E-state index is 12.0. The summed E-state index contributed by atoms with van der Waals surface area (Å²) >= 11 is 0. The van der Waals surface area contributed by atoms with Crippen LogP contribution >= 0.6 is 12.4 Å². The van der Waals surface area contributed by atoms with Crippen molar-refractivity contribution in [1.29, 1.82) is 0 Å². The molecule has 1 fully saturated rings. The van der Waals surface area contributed by atoms with Gasteiger partial charge in [-0.3, -0.25) is 9.48 Å². The van der Waals surface area contributed by atoms with E-state index >= 15 is 0 Å². The third-order valence-electron chi connectivity index (χ3n) is 5.11. The molecule has 1 aromatic heterocycles. The van der Waals surface area contributed by atoms with Crippen molar-refractivity contribution in [2.75, 3.05) is 5.32 Å². The smallest absolute Gasteiger partial charge is 0.226 e. The second-order valence-corrected chi connectivity index (χ2v) is 6.60. The molecule has 6 heteroatoms. The van der Waals surface area contributed by atoms with Gasteiger partial charge in [0.2, 0.25) is 5.91 Å². The van der Waals surface area contributed by atoms with Crippen molar-refractivity contribution in [3.63, 3.8) is 0 Å². The van der Waals surface area contributed by atoms with Crippen LogP contribution in [0, 0.1) is 12.8 Å². The van der Waals surface area contributed by atoms with Crippen molar-refractivity contribution < 1.29 is 4.79 Å². The Bertz CT molecular complexity index is 534. The van der Waals surface area contributed by atoms with Gasteiger partial charge in [-0.25, -0.2) is 0 Å². The predicted molar refractivity (Wildman–Crippen MR) is 90.4 cm³/mol. The molecule has 0 bridgehead atoms. The van der Waals surface area contributed by atoms with Crippen molar-refractivity contribution >= 4 is 24.1 Å². The van der Waals surface area contributed by atoms with Crippen LogP contribution in [0.2, 0.25) is 0 Å². The van der Waals surface area contributed by atoms with E-state index in [0.29, 0.717) is 24.3 Å². The van der Waals surface area contributed by atoms with Gasteiger partial charge in [-0.1, -0.05) is 6.92 Å². The Morgan fingerprint density at radius 1 is 1.32 bits per heavy atom. The lowest BCUT2D eigenvalue weighted by Gasteiger charge is -2.34. The number of nitrogens with two attached hydrogens (primary N) is 1. The summed E-state index contributed by atoms with van der Waals surface area (Å²) in [6, 6.07) is 0.349. The highest BCUT2D eigenvalue weighted by molar-refractivity contribution is 5.93. The molecule has 5 nitrogen and oxygen atoms in total. The molecule has 1 atom stereocenters. The lowest BCUT2D eigenvalue weighted by Crippen LogP contribution is -2.32. The first-order valence-corrected chi connectivity index (χ1v) is 8.22. The number of carbonyl (C=O) groups is 1. The average Bonchev–Trinajstić information content (AvgIpc) is 2.76. The highest BCUT2D eigenvalue weighted by atomic mass is 35.5. The van der Waals surface area contributed by atoms with Crippen LogP contribution in [-0.2, 0) is 11.3 Å². The zero-order valence-electron chi connectivity index (χ0n) is 13.5. The molecular weight excluding hydrogens is 300 g/mol. The van der Waals surface area contributed by atoms with Crippen LogP contribution in [0.4, 0.5) is 5.82 Å². The van der Waals surface area contributed by atoms with E-state index in [4.69, 9.17) is 5.73 Å². The Labute approximate surface area is 138 Å². The van der Waals surface area contributed by atoms with Gasteiger partial charge in [0.05, 0.1) is 0 Å². The fourth-order valence-corrected chi connectivity index (χ4v) is 3.96. The molecule has 1 aromatic rings. The van der Waals surface area contributed by atoms with Gasteiger partial charge >= 0.3 is 0 Å². The average molecular weight is 327 g/mol. The Hall–Kier alpha value is -1.07. The van der Waals surface area contributed by atoms with Crippen LogP contribution in [0.1, 0.15) is 62.6 Å². The number of rotatable bonds is 3. The predicted octanol–water partition coefficient (Wildman–Crippen LogP) is 2.97. The van der Waals surface area contributed by atoms with Gasteiger partial charge in [0.25, 0.3) is 0 Å². The second-order valence-electron chi connectivity index (χ2n) is 6.60. The van der Waals surface area contributed by atoms with E-state index in [1.165, 1.54) is 11.3 Å². The van der Waals surface area contributed by atoms with Crippen molar-refractivity contribution in [3.05, 3.63) is 11.3 Å². The van der Waals surface area contributed by atoms with Crippen molar-refractivity contribution in [3.8, 4) is 0 Å². The van der Waals surface area contributed by atoms with Crippen LogP contribution < -0.4 is 11.1 Å². The van der Waals surface area contributed by atoms with Crippen molar-refractivity contribution in [2.45, 2.75) is 70.9 Å². The third-order valence-corrected chi connectivity index (χ3v) is 5.11. The number of nitrogens with one attached hydrogen (secondary N) is 1. The molecule has 0 aromatic carbocycles. The summed E-state index contributed by atoms with van der Waals surface area (Å²) in [7, 11) is 0. The number of hydrogen-bond acceptors (Lipinski definition) is 3. The minimum absolute atomic E-state index is 0. The minimum Gasteiger partial charge on any atom is -0.328 e. The van der Waals surface area contributed by atoms with Crippen LogP contribution in [0.5, 0.6) is 0 Å². The molecule has 1 unspecified atom stereocenters. The highest BCUT2D eigenvalue weighted by Gasteiger charge is 2.36. The summed E-state index contributed by atoms with van der Waals surface area (Å²) in [5.41, 5.74) is 8.54. The maximum Gasteiger partial charge on any atom is 0.226 e. The van der Waals surface area contributed by atoms with E-state index in [2.05, 4.69) is 28.9 Å². The van der Waals surface area contributed by atoms with Gasteiger partial charge in [-0.05, 0) is 44.9 Å². The Morgan fingerprint density at radius 2 is 2.00 bits per heavy atom. The first-order valence-electron chi connectivity index (χ1n) is 8.22. The number of hydrogen-bond donors (Lipinski definition) is 2. The summed E-state index contributed by atoms with van der Waals surface area (Å²) in [6.45, 7) is 5.20. The first-order chi connectivity index (χ1) is 10.1. The monoisotopic (exact) mass is 326 g/mol. The van der Waals surface area contributed by atoms with Crippen LogP contribution in [-0.4, -0.2) is 21.7 Å². The van der Waals surface area contributed by atoms with Crippen molar-refractivity contribution in [1.82, 2.24) is 9.78 Å². The van der Waals surface area contributed by atoms with Gasteiger partial charge in [0, 0.05) is 36.2 Å². The zero-order chi connectivity index (χ0) is 15.0. The van der Waals surface area contributed by atoms with E-state index in [1.807, 2.05) is 0 Å². The van der Waals surface area contributed by atoms with Crippen LogP contribution in [0.3, 0.4) is 0 Å². The lowest BCUT2D eigenvalue weighted by atomic mass is 9.73. The van der Waals surface area contributed by atoms with Crippen molar-refractivity contribution in [2.24, 2.45) is 11.7 Å². The molecule has 0 radical (unpaired) electrons. The topological polar surface area (TPSA) is 72.9 Å². The number of aryl methyl sites for hydroxylation is 1. The van der Waals surface area contributed by atoms with Gasteiger partial charge in [0.15, 0.2) is 5.82 Å². The number of halogens is 1. The summed E-state index contributed by atoms with van der Waals surface area (Å²) in [5, 5.41) is 7.57. The molecule has 1 amide bonds. The molecule has 1 aliphatic carbocycles. The first kappa shape index (κ1) is 17.3.